The third-order valence-corrected chi connectivity index (χ3v) is 16.9. The largest absolute Gasteiger partial charge is 0.311 e. The average Bonchev–Trinajstić information content (AvgIpc) is 3.62. The van der Waals surface area contributed by atoms with Crippen LogP contribution in [0.4, 0.5) is 33.4 Å². The molecule has 67 heavy (non-hydrogen) atoms. The van der Waals surface area contributed by atoms with Crippen LogP contribution >= 0.6 is 11.3 Å². The van der Waals surface area contributed by atoms with Gasteiger partial charge in [0.05, 0.1) is 10.7 Å². The zero-order chi connectivity index (χ0) is 48.1. The molecule has 6 aromatic carbocycles. The fourth-order valence-electron chi connectivity index (χ4n) is 11.3. The Kier molecular flexibility index (Phi) is 10.2. The van der Waals surface area contributed by atoms with Crippen molar-refractivity contribution < 1.29 is 0 Å². The number of anilines is 6. The maximum atomic E-state index is 2.70. The van der Waals surface area contributed by atoms with Crippen molar-refractivity contribution in [2.45, 2.75) is 163 Å². The first-order valence-corrected chi connectivity index (χ1v) is 25.8. The molecule has 0 bridgehead atoms. The SMILES string of the molecule is Cc1cc2c3c(c1)N(c1cc(C(C)(C)C)cc(C(C)(C)C)c1)c1sc4ccc(C(C)(C)C)cc4c1B3c1cc3c(cc1N2c1ccc(C(C)(C)C)cc1-c1ccccc1)C(C)(C)CCC3(C)C. The number of fused-ring (bicyclic) bond motifs is 7. The van der Waals surface area contributed by atoms with Crippen LogP contribution in [0.15, 0.2) is 109 Å². The minimum atomic E-state index is -0.0343. The number of nitrogens with zero attached hydrogens (tertiary/aromatic N) is 2. The molecule has 0 saturated carbocycles. The first-order valence-electron chi connectivity index (χ1n) is 25.0. The Morgan fingerprint density at radius 2 is 1.03 bits per heavy atom. The van der Waals surface area contributed by atoms with E-state index in [1.165, 1.54) is 123 Å². The fraction of sp³-hybridized carbons (Fsp3) is 0.397. The Labute approximate surface area is 407 Å². The summed E-state index contributed by atoms with van der Waals surface area (Å²) in [5.74, 6) is 0. The van der Waals surface area contributed by atoms with E-state index < -0.39 is 0 Å². The van der Waals surface area contributed by atoms with Gasteiger partial charge in [-0.15, -0.1) is 11.3 Å². The monoisotopic (exact) mass is 901 g/mol. The molecular formula is C63H73BN2S. The van der Waals surface area contributed by atoms with E-state index in [-0.39, 0.29) is 39.2 Å². The first-order chi connectivity index (χ1) is 31.1. The van der Waals surface area contributed by atoms with E-state index in [4.69, 9.17) is 0 Å². The summed E-state index contributed by atoms with van der Waals surface area (Å²) in [5.41, 5.74) is 22.9. The molecule has 0 saturated heterocycles. The van der Waals surface area contributed by atoms with E-state index in [0.717, 1.165) is 0 Å². The highest BCUT2D eigenvalue weighted by Crippen LogP contribution is 2.54. The summed E-state index contributed by atoms with van der Waals surface area (Å²) in [4.78, 5) is 5.40. The topological polar surface area (TPSA) is 6.48 Å². The third-order valence-electron chi connectivity index (χ3n) is 15.8. The third kappa shape index (κ3) is 7.51. The number of rotatable bonds is 3. The molecule has 0 spiro atoms. The molecule has 2 aliphatic heterocycles. The van der Waals surface area contributed by atoms with E-state index in [9.17, 15) is 0 Å². The van der Waals surface area contributed by atoms with Crippen molar-refractivity contribution >= 4 is 78.0 Å². The molecule has 0 atom stereocenters. The first kappa shape index (κ1) is 45.7. The van der Waals surface area contributed by atoms with Crippen LogP contribution in [0, 0.1) is 6.92 Å². The van der Waals surface area contributed by atoms with Gasteiger partial charge in [-0.25, -0.2) is 0 Å². The number of hydrogen-bond donors (Lipinski definition) is 0. The molecule has 0 radical (unpaired) electrons. The van der Waals surface area contributed by atoms with Crippen LogP contribution in [0.1, 0.15) is 163 Å². The molecule has 0 amide bonds. The van der Waals surface area contributed by atoms with Crippen molar-refractivity contribution in [2.24, 2.45) is 0 Å². The Hall–Kier alpha value is -5.06. The second-order valence-corrected chi connectivity index (χ2v) is 27.0. The van der Waals surface area contributed by atoms with Gasteiger partial charge in [-0.3, -0.25) is 0 Å². The molecule has 4 heteroatoms. The summed E-state index contributed by atoms with van der Waals surface area (Å²) in [5, 5.41) is 2.73. The smallest absolute Gasteiger partial charge is 0.254 e. The summed E-state index contributed by atoms with van der Waals surface area (Å²) in [6.07, 6.45) is 2.34. The van der Waals surface area contributed by atoms with Crippen LogP contribution in [0.2, 0.25) is 0 Å². The summed E-state index contributed by atoms with van der Waals surface area (Å²) in [7, 11) is 0. The number of thiophene rings is 1. The lowest BCUT2D eigenvalue weighted by atomic mass is 9.33. The van der Waals surface area contributed by atoms with Gasteiger partial charge in [-0.1, -0.05) is 171 Å². The summed E-state index contributed by atoms with van der Waals surface area (Å²) < 4.78 is 1.35. The van der Waals surface area contributed by atoms with E-state index in [1.54, 1.807) is 0 Å². The molecule has 344 valence electrons. The molecule has 2 nitrogen and oxygen atoms in total. The van der Waals surface area contributed by atoms with Crippen molar-refractivity contribution in [2.75, 3.05) is 9.80 Å². The number of benzene rings is 6. The molecule has 1 aliphatic carbocycles. The van der Waals surface area contributed by atoms with Gasteiger partial charge in [0, 0.05) is 33.0 Å². The quantitative estimate of drug-likeness (QED) is 0.163. The van der Waals surface area contributed by atoms with E-state index >= 15 is 0 Å². The van der Waals surface area contributed by atoms with E-state index in [1.807, 2.05) is 11.3 Å². The maximum Gasteiger partial charge on any atom is 0.254 e. The molecule has 0 N–H and O–H groups in total. The van der Waals surface area contributed by atoms with Crippen LogP contribution < -0.4 is 26.2 Å². The zero-order valence-corrected chi connectivity index (χ0v) is 44.5. The minimum Gasteiger partial charge on any atom is -0.311 e. The lowest BCUT2D eigenvalue weighted by Crippen LogP contribution is -2.61. The van der Waals surface area contributed by atoms with E-state index in [2.05, 4.69) is 237 Å². The Bertz CT molecular complexity index is 3100. The molecule has 7 aromatic rings. The van der Waals surface area contributed by atoms with Crippen LogP contribution in [0.3, 0.4) is 0 Å². The van der Waals surface area contributed by atoms with Crippen molar-refractivity contribution in [1.29, 1.82) is 0 Å². The number of hydrogen-bond acceptors (Lipinski definition) is 3. The Morgan fingerprint density at radius 1 is 0.493 bits per heavy atom. The average molecular weight is 901 g/mol. The van der Waals surface area contributed by atoms with Gasteiger partial charge in [-0.2, -0.15) is 0 Å². The highest BCUT2D eigenvalue weighted by atomic mass is 32.1. The van der Waals surface area contributed by atoms with Gasteiger partial charge < -0.3 is 9.80 Å². The normalized spacial score (nSPS) is 16.5. The van der Waals surface area contributed by atoms with Gasteiger partial charge in [0.2, 0.25) is 0 Å². The molecule has 0 fully saturated rings. The fourth-order valence-corrected chi connectivity index (χ4v) is 12.6. The van der Waals surface area contributed by atoms with Gasteiger partial charge >= 0.3 is 0 Å². The van der Waals surface area contributed by atoms with E-state index in [0.29, 0.717) is 0 Å². The zero-order valence-electron chi connectivity index (χ0n) is 43.7. The lowest BCUT2D eigenvalue weighted by molar-refractivity contribution is 0.332. The molecule has 3 heterocycles. The summed E-state index contributed by atoms with van der Waals surface area (Å²) >= 11 is 1.98. The molecule has 1 aromatic heterocycles. The van der Waals surface area contributed by atoms with Gasteiger partial charge in [0.15, 0.2) is 0 Å². The van der Waals surface area contributed by atoms with Crippen LogP contribution in [-0.4, -0.2) is 6.71 Å². The molecule has 10 rings (SSSR count). The van der Waals surface area contributed by atoms with Crippen molar-refractivity contribution in [3.8, 4) is 11.1 Å². The molecule has 3 aliphatic rings. The predicted molar refractivity (Wildman–Crippen MR) is 296 cm³/mol. The van der Waals surface area contributed by atoms with Crippen molar-refractivity contribution in [3.05, 3.63) is 148 Å². The molecule has 0 unspecified atom stereocenters. The second-order valence-electron chi connectivity index (χ2n) is 25.9. The summed E-state index contributed by atoms with van der Waals surface area (Å²) in [6, 6.07) is 43.7. The van der Waals surface area contributed by atoms with Crippen molar-refractivity contribution in [1.82, 2.24) is 0 Å². The highest BCUT2D eigenvalue weighted by molar-refractivity contribution is 7.26. The van der Waals surface area contributed by atoms with Crippen LogP contribution in [-0.2, 0) is 32.5 Å². The Balaban J connectivity index is 1.39. The second kappa shape index (κ2) is 15.0. The predicted octanol–water partition coefficient (Wildman–Crippen LogP) is 16.5. The van der Waals surface area contributed by atoms with Gasteiger partial charge in [-0.05, 0) is 167 Å². The van der Waals surface area contributed by atoms with Gasteiger partial charge in [0.25, 0.3) is 6.71 Å². The minimum absolute atomic E-state index is 0.00318. The standard InChI is InChI=1S/C63H73BN2S/c1-38-29-52-56-53(30-38)66(50-25-23-40(58(2,3)4)34-45(50)39-21-19-18-20-22-39)51-37-48-47(62(14,15)27-28-63(48,16)17)36-49(51)64(56)55-46-35-41(59(5,6)7)24-26-54(46)67-57(55)65(52)44-32-42(60(8,9)10)31-43(33-44)61(11,12)13/h18-26,29-37H,27-28H2,1-17H3. The Morgan fingerprint density at radius 3 is 1.61 bits per heavy atom. The molecular weight excluding hydrogens is 828 g/mol. The van der Waals surface area contributed by atoms with Gasteiger partial charge in [0.1, 0.15) is 0 Å². The number of aryl methyl sites for hydroxylation is 1. The highest BCUT2D eigenvalue weighted by Gasteiger charge is 2.48. The maximum absolute atomic E-state index is 2.70. The lowest BCUT2D eigenvalue weighted by Gasteiger charge is -2.47. The van der Waals surface area contributed by atoms with Crippen molar-refractivity contribution in [3.63, 3.8) is 0 Å². The summed E-state index contributed by atoms with van der Waals surface area (Å²) in [6.45, 7) is 40.6. The van der Waals surface area contributed by atoms with Crippen LogP contribution in [0.25, 0.3) is 21.2 Å². The van der Waals surface area contributed by atoms with Crippen LogP contribution in [0.5, 0.6) is 0 Å².